The Morgan fingerprint density at radius 2 is 1.48 bits per heavy atom. The second-order valence-corrected chi connectivity index (χ2v) is 11.0. The minimum atomic E-state index is -0.298. The van der Waals surface area contributed by atoms with Crippen LogP contribution in [0.2, 0.25) is 0 Å². The number of furan rings is 1. The molecule has 0 aliphatic heterocycles. The van der Waals surface area contributed by atoms with Crippen molar-refractivity contribution in [3.05, 3.63) is 23.7 Å². The van der Waals surface area contributed by atoms with E-state index in [1.54, 1.807) is 6.07 Å². The zero-order valence-corrected chi connectivity index (χ0v) is 19.1. The lowest BCUT2D eigenvalue weighted by Crippen LogP contribution is -2.36. The Hall–Kier alpha value is -1.13. The summed E-state index contributed by atoms with van der Waals surface area (Å²) in [5.41, 5.74) is -0.231. The summed E-state index contributed by atoms with van der Waals surface area (Å²) in [6, 6.07) is 3.51. The lowest BCUT2D eigenvalue weighted by atomic mass is 9.70. The van der Waals surface area contributed by atoms with E-state index in [0.29, 0.717) is 18.1 Å². The molecule has 4 heteroatoms. The van der Waals surface area contributed by atoms with Crippen LogP contribution in [0.1, 0.15) is 98.4 Å². The highest BCUT2D eigenvalue weighted by atomic mass is 16.5. The van der Waals surface area contributed by atoms with Crippen LogP contribution in [0.5, 0.6) is 0 Å². The third-order valence-corrected chi connectivity index (χ3v) is 4.37. The number of hydrogen-bond acceptors (Lipinski definition) is 4. The van der Waals surface area contributed by atoms with Gasteiger partial charge in [-0.1, -0.05) is 27.7 Å². The summed E-state index contributed by atoms with van der Waals surface area (Å²) in [6.07, 6.45) is 1.96. The van der Waals surface area contributed by atoms with Crippen molar-refractivity contribution in [3.63, 3.8) is 0 Å². The van der Waals surface area contributed by atoms with Crippen LogP contribution in [0.3, 0.4) is 0 Å². The molecular weight excluding hydrogens is 340 g/mol. The Morgan fingerprint density at radius 1 is 0.889 bits per heavy atom. The quantitative estimate of drug-likeness (QED) is 0.439. The minimum absolute atomic E-state index is 0.0682. The number of rotatable bonds is 10. The average Bonchev–Trinajstić information content (AvgIpc) is 2.89. The monoisotopic (exact) mass is 380 g/mol. The topological polar surface area (TPSA) is 48.7 Å². The van der Waals surface area contributed by atoms with E-state index in [0.717, 1.165) is 19.4 Å². The second-order valence-electron chi connectivity index (χ2n) is 11.0. The minimum Gasteiger partial charge on any atom is -0.456 e. The maximum absolute atomic E-state index is 11.4. The van der Waals surface area contributed by atoms with Gasteiger partial charge in [0.25, 0.3) is 0 Å². The summed E-state index contributed by atoms with van der Waals surface area (Å²) in [5, 5.41) is 0. The summed E-state index contributed by atoms with van der Waals surface area (Å²) in [6.45, 7) is 22.2. The molecule has 0 amide bonds. The Morgan fingerprint density at radius 3 is 1.96 bits per heavy atom. The van der Waals surface area contributed by atoms with Gasteiger partial charge >= 0.3 is 0 Å². The Balaban J connectivity index is 2.62. The van der Waals surface area contributed by atoms with Crippen LogP contribution in [0.4, 0.5) is 0 Å². The van der Waals surface area contributed by atoms with Crippen molar-refractivity contribution in [2.24, 2.45) is 10.8 Å². The Kier molecular flexibility index (Phi) is 7.51. The molecule has 0 N–H and O–H groups in total. The van der Waals surface area contributed by atoms with Crippen LogP contribution in [0, 0.1) is 10.8 Å². The van der Waals surface area contributed by atoms with Crippen LogP contribution in [0.15, 0.2) is 16.5 Å². The lowest BCUT2D eigenvalue weighted by molar-refractivity contribution is -0.0810. The van der Waals surface area contributed by atoms with Gasteiger partial charge in [0.2, 0.25) is 0 Å². The molecule has 1 aromatic rings. The molecule has 0 saturated heterocycles. The smallest absolute Gasteiger partial charge is 0.194 e. The zero-order chi connectivity index (χ0) is 21.1. The van der Waals surface area contributed by atoms with E-state index in [2.05, 4.69) is 62.3 Å². The van der Waals surface area contributed by atoms with E-state index in [1.807, 2.05) is 6.07 Å². The van der Waals surface area contributed by atoms with Gasteiger partial charge in [-0.3, -0.25) is 4.79 Å². The molecule has 0 unspecified atom stereocenters. The van der Waals surface area contributed by atoms with E-state index >= 15 is 0 Å². The van der Waals surface area contributed by atoms with Gasteiger partial charge in [-0.05, 0) is 70.4 Å². The van der Waals surface area contributed by atoms with Crippen molar-refractivity contribution in [2.75, 3.05) is 6.61 Å². The first kappa shape index (κ1) is 23.9. The molecule has 1 heterocycles. The maximum atomic E-state index is 11.4. The first-order valence-corrected chi connectivity index (χ1v) is 9.88. The van der Waals surface area contributed by atoms with Crippen LogP contribution in [-0.4, -0.2) is 23.6 Å². The molecule has 0 radical (unpaired) electrons. The standard InChI is InChI=1S/C23H40O4/c1-17(24)19-12-11-18(27-19)13-25-23(9,10)15-21(5,6)14-22(7,8)16-26-20(2,3)4/h11-12H,13-16H2,1-10H3. The van der Waals surface area contributed by atoms with Crippen LogP contribution in [-0.2, 0) is 16.1 Å². The first-order valence-electron chi connectivity index (χ1n) is 9.88. The van der Waals surface area contributed by atoms with Crippen molar-refractivity contribution in [1.29, 1.82) is 0 Å². The van der Waals surface area contributed by atoms with E-state index in [4.69, 9.17) is 13.9 Å². The van der Waals surface area contributed by atoms with Crippen LogP contribution >= 0.6 is 0 Å². The number of ketones is 1. The van der Waals surface area contributed by atoms with Gasteiger partial charge in [0.15, 0.2) is 11.5 Å². The molecule has 0 spiro atoms. The largest absolute Gasteiger partial charge is 0.456 e. The normalized spacial score (nSPS) is 13.9. The molecule has 4 nitrogen and oxygen atoms in total. The van der Waals surface area contributed by atoms with E-state index < -0.39 is 0 Å². The number of Topliss-reactive ketones (excluding diaryl/α,β-unsaturated/α-hetero) is 1. The van der Waals surface area contributed by atoms with Gasteiger partial charge in [0, 0.05) is 6.92 Å². The summed E-state index contributed by atoms with van der Waals surface area (Å²) in [5.74, 6) is 0.999. The lowest BCUT2D eigenvalue weighted by Gasteiger charge is -2.40. The number of hydrogen-bond donors (Lipinski definition) is 0. The van der Waals surface area contributed by atoms with Gasteiger partial charge in [-0.25, -0.2) is 0 Å². The first-order chi connectivity index (χ1) is 12.0. The van der Waals surface area contributed by atoms with E-state index in [9.17, 15) is 4.79 Å². The highest BCUT2D eigenvalue weighted by Gasteiger charge is 2.35. The molecule has 0 bridgehead atoms. The molecule has 0 atom stereocenters. The van der Waals surface area contributed by atoms with Gasteiger partial charge in [-0.15, -0.1) is 0 Å². The highest BCUT2D eigenvalue weighted by molar-refractivity contribution is 5.91. The summed E-state index contributed by atoms with van der Waals surface area (Å²) < 4.78 is 17.7. The Labute approximate surface area is 166 Å². The SMILES string of the molecule is CC(=O)c1ccc(COC(C)(C)CC(C)(C)CC(C)(C)COC(C)(C)C)o1. The molecule has 0 saturated carbocycles. The third kappa shape index (κ3) is 9.57. The van der Waals surface area contributed by atoms with Gasteiger partial charge in [0.1, 0.15) is 12.4 Å². The fourth-order valence-electron chi connectivity index (χ4n) is 3.94. The Bertz CT molecular complexity index is 615. The molecular formula is C23H40O4. The van der Waals surface area contributed by atoms with E-state index in [1.165, 1.54) is 6.92 Å². The van der Waals surface area contributed by atoms with Crippen LogP contribution < -0.4 is 0 Å². The van der Waals surface area contributed by atoms with Gasteiger partial charge < -0.3 is 13.9 Å². The average molecular weight is 381 g/mol. The van der Waals surface area contributed by atoms with Crippen molar-refractivity contribution < 1.29 is 18.7 Å². The summed E-state index contributed by atoms with van der Waals surface area (Å²) >= 11 is 0. The number of carbonyl (C=O) groups excluding carboxylic acids is 1. The van der Waals surface area contributed by atoms with Gasteiger partial charge in [-0.2, -0.15) is 0 Å². The van der Waals surface area contributed by atoms with Crippen molar-refractivity contribution in [1.82, 2.24) is 0 Å². The third-order valence-electron chi connectivity index (χ3n) is 4.37. The highest BCUT2D eigenvalue weighted by Crippen LogP contribution is 2.41. The summed E-state index contributed by atoms with van der Waals surface area (Å²) in [4.78, 5) is 11.4. The molecule has 1 rings (SSSR count). The molecule has 0 fully saturated rings. The summed E-state index contributed by atoms with van der Waals surface area (Å²) in [7, 11) is 0. The second kappa shape index (κ2) is 8.48. The molecule has 0 aliphatic rings. The number of ether oxygens (including phenoxy) is 2. The van der Waals surface area contributed by atoms with Crippen molar-refractivity contribution in [3.8, 4) is 0 Å². The van der Waals surface area contributed by atoms with Crippen molar-refractivity contribution in [2.45, 2.75) is 99.9 Å². The molecule has 1 aromatic heterocycles. The van der Waals surface area contributed by atoms with Crippen LogP contribution in [0.25, 0.3) is 0 Å². The molecule has 0 aliphatic carbocycles. The molecule has 27 heavy (non-hydrogen) atoms. The van der Waals surface area contributed by atoms with Crippen molar-refractivity contribution >= 4 is 5.78 Å². The zero-order valence-electron chi connectivity index (χ0n) is 19.1. The molecule has 0 aromatic carbocycles. The molecule has 156 valence electrons. The van der Waals surface area contributed by atoms with Gasteiger partial charge in [0.05, 0.1) is 17.8 Å². The fraction of sp³-hybridized carbons (Fsp3) is 0.783. The predicted octanol–water partition coefficient (Wildman–Crippen LogP) is 6.43. The fourth-order valence-corrected chi connectivity index (χ4v) is 3.94. The van der Waals surface area contributed by atoms with E-state index in [-0.39, 0.29) is 27.8 Å². The number of carbonyl (C=O) groups is 1. The predicted molar refractivity (Wildman–Crippen MR) is 110 cm³/mol. The maximum Gasteiger partial charge on any atom is 0.194 e.